The van der Waals surface area contributed by atoms with Gasteiger partial charge in [0.1, 0.15) is 26.4 Å². The van der Waals surface area contributed by atoms with Crippen molar-refractivity contribution in [3.63, 3.8) is 0 Å². The molecule has 0 unspecified atom stereocenters. The van der Waals surface area contributed by atoms with E-state index < -0.39 is 59.6 Å². The number of quaternary nitrogens is 1. The second kappa shape index (κ2) is 68.4. The summed E-state index contributed by atoms with van der Waals surface area (Å²) >= 11 is 1.67. The number of nitrogens with one attached hydrogen (secondary N) is 1. The van der Waals surface area contributed by atoms with Gasteiger partial charge in [0.25, 0.3) is 10.1 Å². The van der Waals surface area contributed by atoms with E-state index in [1.165, 1.54) is 154 Å². The molecule has 1 fully saturated rings. The van der Waals surface area contributed by atoms with Crippen molar-refractivity contribution in [1.29, 1.82) is 4.35 Å². The first-order chi connectivity index (χ1) is 48.1. The summed E-state index contributed by atoms with van der Waals surface area (Å²) in [5.41, 5.74) is -3.11. The molecule has 1 heterocycles. The number of nitrogens with zero attached hydrogens (tertiary/aromatic N) is 3. The van der Waals surface area contributed by atoms with Crippen LogP contribution in [0.3, 0.4) is 0 Å². The minimum atomic E-state index is -4.23. The zero-order valence-corrected chi connectivity index (χ0v) is 72.2. The third kappa shape index (κ3) is 66.0. The average Bonchev–Trinajstić information content (AvgIpc) is 1.01. The van der Waals surface area contributed by atoms with Gasteiger partial charge in [-0.3, -0.25) is 23.4 Å². The van der Waals surface area contributed by atoms with Crippen molar-refractivity contribution >= 4 is 80.6 Å². The van der Waals surface area contributed by atoms with Gasteiger partial charge in [0.15, 0.2) is 0 Å². The van der Waals surface area contributed by atoms with E-state index in [1.54, 1.807) is 85.3 Å². The number of unbranched alkanes of at least 4 members (excludes halogenated alkanes) is 27. The molecule has 1 saturated heterocycles. The topological polar surface area (TPSA) is 289 Å². The molecule has 0 spiro atoms. The third-order valence-electron chi connectivity index (χ3n) is 18.5. The van der Waals surface area contributed by atoms with Crippen LogP contribution in [0.1, 0.15) is 303 Å². The minimum absolute atomic E-state index is 0. The number of ether oxygens (including phenoxy) is 6. The molecule has 1 aliphatic rings. The van der Waals surface area contributed by atoms with Gasteiger partial charge in [-0.15, -0.1) is 0 Å². The quantitative estimate of drug-likeness (QED) is 0.00865. The predicted molar refractivity (Wildman–Crippen MR) is 429 cm³/mol. The van der Waals surface area contributed by atoms with Gasteiger partial charge in [0.2, 0.25) is 0 Å². The Balaban J connectivity index is -0.000000247. The van der Waals surface area contributed by atoms with Gasteiger partial charge < -0.3 is 47.3 Å². The Bertz CT molecular complexity index is 2470. The van der Waals surface area contributed by atoms with E-state index in [0.29, 0.717) is 81.3 Å². The maximum atomic E-state index is 12.8. The van der Waals surface area contributed by atoms with Crippen LogP contribution in [0.25, 0.3) is 0 Å². The molecule has 0 atom stereocenters. The summed E-state index contributed by atoms with van der Waals surface area (Å²) in [5, 5.41) is 0. The van der Waals surface area contributed by atoms with E-state index >= 15 is 0 Å². The number of rotatable bonds is 54. The summed E-state index contributed by atoms with van der Waals surface area (Å²) in [4.78, 5) is 76.5. The van der Waals surface area contributed by atoms with E-state index in [2.05, 4.69) is 38.1 Å². The average molecular weight is 1550 g/mol. The van der Waals surface area contributed by atoms with Crippen LogP contribution >= 0.6 is 0 Å². The molecule has 0 aromatic heterocycles. The number of likely N-dealkylation sites (N-methyl/N-ethyl adjacent to an activating group) is 3. The third-order valence-corrected chi connectivity index (χ3v) is 20.6. The zero-order chi connectivity index (χ0) is 80.0. The van der Waals surface area contributed by atoms with Gasteiger partial charge in [0, 0.05) is 44.8 Å². The molecule has 0 aromatic rings. The molecular formula is C79H156AlBN4O18S2. The van der Waals surface area contributed by atoms with E-state index in [0.717, 1.165) is 45.1 Å². The van der Waals surface area contributed by atoms with Gasteiger partial charge >= 0.3 is 56.3 Å². The van der Waals surface area contributed by atoms with Crippen molar-refractivity contribution < 1.29 is 87.2 Å². The van der Waals surface area contributed by atoms with Gasteiger partial charge in [-0.2, -0.15) is 8.42 Å². The van der Waals surface area contributed by atoms with E-state index in [1.807, 2.05) is 52.1 Å². The Labute approximate surface area is 653 Å². The fourth-order valence-corrected chi connectivity index (χ4v) is 11.0. The first-order valence-electron chi connectivity index (χ1n) is 38.6. The Kier molecular flexibility index (Phi) is 74.7. The molecule has 1 N–H and O–H groups in total. The van der Waals surface area contributed by atoms with E-state index in [-0.39, 0.29) is 58.5 Å². The Morgan fingerprint density at radius 3 is 0.943 bits per heavy atom. The van der Waals surface area contributed by atoms with E-state index in [4.69, 9.17) is 32.8 Å². The van der Waals surface area contributed by atoms with Crippen LogP contribution in [0.2, 0.25) is 0 Å². The summed E-state index contributed by atoms with van der Waals surface area (Å²) in [6.45, 7) is 35.8. The number of hydrogen-bond donors (Lipinski definition) is 1. The molecule has 105 heavy (non-hydrogen) atoms. The monoisotopic (exact) mass is 1550 g/mol. The van der Waals surface area contributed by atoms with Crippen molar-refractivity contribution in [2.75, 3.05) is 126 Å². The Morgan fingerprint density at radius 1 is 0.457 bits per heavy atom. The molecular weight excluding hydrogens is 1390 g/mol. The molecule has 0 aromatic carbocycles. The first kappa shape index (κ1) is 115. The second-order valence-corrected chi connectivity index (χ2v) is 33.7. The molecule has 1 aliphatic heterocycles. The van der Waals surface area contributed by atoms with Gasteiger partial charge in [-0.05, 0) is 123 Å². The van der Waals surface area contributed by atoms with E-state index in [9.17, 15) is 50.2 Å². The molecule has 4 radical (unpaired) electrons. The standard InChI is InChI=1S/C27H53NO7S.C24H47NO4.C16H30O2.C8H15NO2.C3H6O3S.CH4.Al.B.HN/c1-8-9-10-11-12-13-14-15-16-17-21-34-24(29)26(2,3)27(4,5)25(30)35-22-20-28(6,7)19-18-23-36(31,32)33;1-8-9-10-11-12-13-14-15-16-17-19-28-21(26)23(2,3)24(4,5)22(27)29-20-18-25(6)7;1-4-5-6-7-8-9-10-11-12-13-14-18-16(17)15(2)3;1-7(2)8(10)11-6-5-9(3)4;4-7(5)3-1-2-6-7;;;;/h8-23H2,1-7H3;8-20H2,1-7H3;2,4-14H2,1,3H3;1,5-6H2,2-4H3;1-3H2;1H4;;;1H. The molecule has 0 bridgehead atoms. The Hall–Kier alpha value is -3.60. The van der Waals surface area contributed by atoms with Crippen LogP contribution in [0.15, 0.2) is 24.3 Å². The number of esters is 6. The van der Waals surface area contributed by atoms with Crippen LogP contribution in [0.4, 0.5) is 0 Å². The second-order valence-electron chi connectivity index (χ2n) is 30.5. The molecule has 0 amide bonds. The van der Waals surface area contributed by atoms with Crippen molar-refractivity contribution in [3.05, 3.63) is 24.3 Å². The van der Waals surface area contributed by atoms with Crippen molar-refractivity contribution in [1.82, 2.24) is 9.80 Å². The first-order valence-corrected chi connectivity index (χ1v) is 42.3. The maximum absolute atomic E-state index is 12.8. The fourth-order valence-electron chi connectivity index (χ4n) is 9.54. The van der Waals surface area contributed by atoms with Gasteiger partial charge in [-0.1, -0.05) is 215 Å². The number of hydrogen-bond acceptors (Lipinski definition) is 21. The molecule has 26 heteroatoms. The Morgan fingerprint density at radius 2 is 0.705 bits per heavy atom. The van der Waals surface area contributed by atoms with Crippen LogP contribution in [0.5, 0.6) is 0 Å². The van der Waals surface area contributed by atoms with Gasteiger partial charge in [-0.25, -0.2) is 18.0 Å². The predicted octanol–water partition coefficient (Wildman–Crippen LogP) is 16.3. The van der Waals surface area contributed by atoms with Crippen molar-refractivity contribution in [2.24, 2.45) is 21.7 Å². The summed E-state index contributed by atoms with van der Waals surface area (Å²) < 4.78 is 94.9. The molecule has 22 nitrogen and oxygen atoms in total. The normalized spacial score (nSPS) is 12.5. The van der Waals surface area contributed by atoms with Crippen LogP contribution in [0, 0.1) is 26.0 Å². The van der Waals surface area contributed by atoms with Crippen LogP contribution in [-0.4, -0.2) is 222 Å². The molecule has 0 aliphatic carbocycles. The number of carbonyl (C=O) groups excluding carboxylic acids is 6. The summed E-state index contributed by atoms with van der Waals surface area (Å²) in [7, 11) is 4.18. The van der Waals surface area contributed by atoms with Crippen molar-refractivity contribution in [3.8, 4) is 0 Å². The SMILES string of the molecule is C.C=C(C)C(=O)OCCCCCCCCCCCC.C=C(C)C(=O)OCCN(C)C.CCCCCCCCCCCCOC(=O)C(C)(C)C(C)(C)C(=O)OCCN(C)C.CCCCCCCCCCCCOC(=O)C(C)(C)C(C)(C)C(=O)OCC[N+](C)(C)CCCS(=O)(=O)[O-].O=S1(=O)CCCO1.[B].[NH]=[Al]. The molecule has 618 valence electrons. The summed E-state index contributed by atoms with van der Waals surface area (Å²) in [6.07, 6.45) is 38.3. The molecule has 0 saturated carbocycles. The van der Waals surface area contributed by atoms with Gasteiger partial charge in [0.05, 0.1) is 84.6 Å². The van der Waals surface area contributed by atoms with Crippen LogP contribution in [-0.2, 0) is 81.6 Å². The fraction of sp³-hybridized carbons (Fsp3) is 0.873. The summed E-state index contributed by atoms with van der Waals surface area (Å²) in [5.74, 6) is -2.36. The number of carbonyl (C=O) groups is 6. The summed E-state index contributed by atoms with van der Waals surface area (Å²) in [6, 6.07) is 0. The van der Waals surface area contributed by atoms with Crippen LogP contribution < -0.4 is 0 Å². The molecule has 1 rings (SSSR count). The van der Waals surface area contributed by atoms with Crippen molar-refractivity contribution in [2.45, 2.75) is 303 Å². The zero-order valence-electron chi connectivity index (χ0n) is 69.4.